The van der Waals surface area contributed by atoms with Crippen LogP contribution in [0.25, 0.3) is 0 Å². The molecule has 0 spiro atoms. The van der Waals surface area contributed by atoms with Crippen molar-refractivity contribution < 1.29 is 17.6 Å². The zero-order chi connectivity index (χ0) is 18.1. The highest BCUT2D eigenvalue weighted by Gasteiger charge is 2.33. The highest BCUT2D eigenvalue weighted by Crippen LogP contribution is 2.33. The lowest BCUT2D eigenvalue weighted by atomic mass is 10.2. The van der Waals surface area contributed by atoms with E-state index in [4.69, 9.17) is 4.42 Å². The summed E-state index contributed by atoms with van der Waals surface area (Å²) < 4.78 is 43.9. The smallest absolute Gasteiger partial charge is 0.419 e. The van der Waals surface area contributed by atoms with E-state index >= 15 is 0 Å². The monoisotopic (exact) mass is 483 g/mol. The van der Waals surface area contributed by atoms with E-state index in [2.05, 4.69) is 25.9 Å². The summed E-state index contributed by atoms with van der Waals surface area (Å²) in [6, 6.07) is 5.85. The van der Waals surface area contributed by atoms with Gasteiger partial charge in [-0.05, 0) is 31.2 Å². The number of aliphatic imine (C=N–C) groups is 1. The number of pyridine rings is 1. The second-order valence-electron chi connectivity index (χ2n) is 5.03. The van der Waals surface area contributed by atoms with Gasteiger partial charge in [0.05, 0.1) is 11.8 Å². The largest absolute Gasteiger partial charge is 0.467 e. The Bertz CT molecular complexity index is 677. The van der Waals surface area contributed by atoms with Crippen LogP contribution in [-0.2, 0) is 12.7 Å². The van der Waals surface area contributed by atoms with Crippen molar-refractivity contribution in [3.05, 3.63) is 48.0 Å². The van der Waals surface area contributed by atoms with Gasteiger partial charge >= 0.3 is 6.18 Å². The SMILES string of the molecule is CCNC(=NCc1ccco1)NCCNc1ncccc1C(F)(F)F.I. The molecule has 0 radical (unpaired) electrons. The van der Waals surface area contributed by atoms with Crippen LogP contribution in [0.3, 0.4) is 0 Å². The lowest BCUT2D eigenvalue weighted by molar-refractivity contribution is -0.137. The normalized spacial score (nSPS) is 11.6. The molecule has 2 aromatic rings. The zero-order valence-corrected chi connectivity index (χ0v) is 16.5. The fraction of sp³-hybridized carbons (Fsp3) is 0.375. The molecule has 3 N–H and O–H groups in total. The van der Waals surface area contributed by atoms with Crippen LogP contribution in [0.4, 0.5) is 19.0 Å². The minimum Gasteiger partial charge on any atom is -0.467 e. The summed E-state index contributed by atoms with van der Waals surface area (Å²) >= 11 is 0. The first-order valence-electron chi connectivity index (χ1n) is 7.81. The summed E-state index contributed by atoms with van der Waals surface area (Å²) in [4.78, 5) is 8.09. The van der Waals surface area contributed by atoms with Crippen LogP contribution in [-0.4, -0.2) is 30.6 Å². The first-order valence-corrected chi connectivity index (χ1v) is 7.81. The number of nitrogens with one attached hydrogen (secondary N) is 3. The van der Waals surface area contributed by atoms with Crippen molar-refractivity contribution in [2.75, 3.05) is 25.0 Å². The number of furan rings is 1. The molecule has 0 saturated heterocycles. The number of alkyl halides is 3. The molecule has 144 valence electrons. The van der Waals surface area contributed by atoms with Crippen LogP contribution < -0.4 is 16.0 Å². The van der Waals surface area contributed by atoms with Gasteiger partial charge in [0, 0.05) is 25.8 Å². The van der Waals surface area contributed by atoms with E-state index in [0.717, 1.165) is 11.8 Å². The minimum absolute atomic E-state index is 0. The molecule has 0 bridgehead atoms. The maximum Gasteiger partial charge on any atom is 0.419 e. The zero-order valence-electron chi connectivity index (χ0n) is 14.1. The van der Waals surface area contributed by atoms with E-state index in [1.54, 1.807) is 12.3 Å². The van der Waals surface area contributed by atoms with Gasteiger partial charge in [0.1, 0.15) is 18.1 Å². The van der Waals surface area contributed by atoms with Gasteiger partial charge in [-0.2, -0.15) is 13.2 Å². The van der Waals surface area contributed by atoms with Crippen LogP contribution in [0.5, 0.6) is 0 Å². The van der Waals surface area contributed by atoms with E-state index in [-0.39, 0.29) is 36.3 Å². The van der Waals surface area contributed by atoms with Crippen molar-refractivity contribution in [2.45, 2.75) is 19.6 Å². The molecule has 0 saturated carbocycles. The summed E-state index contributed by atoms with van der Waals surface area (Å²) in [5, 5.41) is 8.78. The fourth-order valence-corrected chi connectivity index (χ4v) is 2.04. The number of anilines is 1. The molecule has 0 atom stereocenters. The Balaban J connectivity index is 0.00000338. The minimum atomic E-state index is -4.44. The van der Waals surface area contributed by atoms with Crippen molar-refractivity contribution in [1.82, 2.24) is 15.6 Å². The summed E-state index contributed by atoms with van der Waals surface area (Å²) in [6.45, 7) is 3.58. The summed E-state index contributed by atoms with van der Waals surface area (Å²) in [6.07, 6.45) is -1.55. The van der Waals surface area contributed by atoms with Gasteiger partial charge in [0.15, 0.2) is 5.96 Å². The Morgan fingerprint density at radius 2 is 2.00 bits per heavy atom. The predicted octanol–water partition coefficient (Wildman–Crippen LogP) is 3.48. The van der Waals surface area contributed by atoms with Gasteiger partial charge in [-0.15, -0.1) is 24.0 Å². The Hall–Kier alpha value is -1.98. The maximum atomic E-state index is 12.9. The fourth-order valence-electron chi connectivity index (χ4n) is 2.04. The maximum absolute atomic E-state index is 12.9. The number of hydrogen-bond acceptors (Lipinski definition) is 4. The Morgan fingerprint density at radius 3 is 2.65 bits per heavy atom. The molecule has 0 unspecified atom stereocenters. The lowest BCUT2D eigenvalue weighted by Crippen LogP contribution is -2.39. The number of rotatable bonds is 7. The molecule has 2 aromatic heterocycles. The van der Waals surface area contributed by atoms with E-state index in [1.807, 2.05) is 13.0 Å². The van der Waals surface area contributed by atoms with Crippen LogP contribution in [0.15, 0.2) is 46.1 Å². The highest BCUT2D eigenvalue weighted by atomic mass is 127. The average Bonchev–Trinajstić information content (AvgIpc) is 3.09. The van der Waals surface area contributed by atoms with Crippen molar-refractivity contribution in [2.24, 2.45) is 4.99 Å². The van der Waals surface area contributed by atoms with Crippen molar-refractivity contribution in [3.8, 4) is 0 Å². The second kappa shape index (κ2) is 10.9. The van der Waals surface area contributed by atoms with Gasteiger partial charge in [0.2, 0.25) is 0 Å². The lowest BCUT2D eigenvalue weighted by Gasteiger charge is -2.14. The quantitative estimate of drug-likeness (QED) is 0.244. The van der Waals surface area contributed by atoms with Crippen molar-refractivity contribution >= 4 is 35.8 Å². The van der Waals surface area contributed by atoms with E-state index < -0.39 is 11.7 Å². The van der Waals surface area contributed by atoms with Gasteiger partial charge in [-0.25, -0.2) is 9.98 Å². The number of hydrogen-bond donors (Lipinski definition) is 3. The third kappa shape index (κ3) is 7.10. The summed E-state index contributed by atoms with van der Waals surface area (Å²) in [7, 11) is 0. The van der Waals surface area contributed by atoms with Crippen LogP contribution in [0.1, 0.15) is 18.2 Å². The first-order chi connectivity index (χ1) is 12.0. The molecular weight excluding hydrogens is 462 g/mol. The predicted molar refractivity (Wildman–Crippen MR) is 105 cm³/mol. The van der Waals surface area contributed by atoms with Crippen molar-refractivity contribution in [1.29, 1.82) is 0 Å². The number of guanidine groups is 1. The van der Waals surface area contributed by atoms with Crippen molar-refractivity contribution in [3.63, 3.8) is 0 Å². The molecule has 0 amide bonds. The topological polar surface area (TPSA) is 74.5 Å². The standard InChI is InChI=1S/C16H20F3N5O.HI/c1-2-20-15(24-11-12-5-4-10-25-12)23-9-8-22-14-13(16(17,18)19)6-3-7-21-14;/h3-7,10H,2,8-9,11H2,1H3,(H,21,22)(H2,20,23,24);1H. The van der Waals surface area contributed by atoms with Crippen LogP contribution in [0, 0.1) is 0 Å². The highest BCUT2D eigenvalue weighted by molar-refractivity contribution is 14.0. The van der Waals surface area contributed by atoms with Crippen LogP contribution in [0.2, 0.25) is 0 Å². The third-order valence-electron chi connectivity index (χ3n) is 3.14. The number of nitrogens with zero attached hydrogens (tertiary/aromatic N) is 2. The molecule has 2 heterocycles. The molecular formula is C16H21F3IN5O. The molecule has 26 heavy (non-hydrogen) atoms. The first kappa shape index (κ1) is 22.1. The van der Waals surface area contributed by atoms with E-state index in [1.165, 1.54) is 12.3 Å². The average molecular weight is 483 g/mol. The molecule has 0 aliphatic carbocycles. The van der Waals surface area contributed by atoms with E-state index in [9.17, 15) is 13.2 Å². The van der Waals surface area contributed by atoms with Gasteiger partial charge in [-0.1, -0.05) is 0 Å². The number of aromatic nitrogens is 1. The number of halogens is 4. The van der Waals surface area contributed by atoms with Gasteiger partial charge < -0.3 is 20.4 Å². The summed E-state index contributed by atoms with van der Waals surface area (Å²) in [5.74, 6) is 1.09. The van der Waals surface area contributed by atoms with Gasteiger partial charge in [0.25, 0.3) is 0 Å². The van der Waals surface area contributed by atoms with Crippen LogP contribution >= 0.6 is 24.0 Å². The molecule has 2 rings (SSSR count). The second-order valence-corrected chi connectivity index (χ2v) is 5.03. The molecule has 0 aromatic carbocycles. The van der Waals surface area contributed by atoms with Gasteiger partial charge in [-0.3, -0.25) is 0 Å². The van der Waals surface area contributed by atoms with E-state index in [0.29, 0.717) is 25.6 Å². The Labute approximate surface area is 166 Å². The molecule has 10 heteroatoms. The Kier molecular flexibility index (Phi) is 9.24. The molecule has 0 aliphatic rings. The third-order valence-corrected chi connectivity index (χ3v) is 3.14. The Morgan fingerprint density at radius 1 is 1.19 bits per heavy atom. The molecule has 0 aliphatic heterocycles. The summed E-state index contributed by atoms with van der Waals surface area (Å²) in [5.41, 5.74) is -0.784. The molecule has 6 nitrogen and oxygen atoms in total. The molecule has 0 fully saturated rings.